The second kappa shape index (κ2) is 13.5. The van der Waals surface area contributed by atoms with Crippen LogP contribution in [0.15, 0.2) is 182 Å². The summed E-state index contributed by atoms with van der Waals surface area (Å²) in [5, 5.41) is 22.0. The predicted octanol–water partition coefficient (Wildman–Crippen LogP) is 11.8. The maximum absolute atomic E-state index is 8.12. The molecule has 1 aliphatic carbocycles. The Morgan fingerprint density at radius 3 is 1.67 bits per heavy atom. The van der Waals surface area contributed by atoms with Gasteiger partial charge in [-0.1, -0.05) is 133 Å². The molecule has 7 aromatic carbocycles. The van der Waals surface area contributed by atoms with Crippen molar-refractivity contribution in [3.05, 3.63) is 188 Å². The first-order chi connectivity index (χ1) is 25.0. The highest BCUT2D eigenvalue weighted by molar-refractivity contribution is 6.50. The minimum atomic E-state index is 0.240. The Hall–Kier alpha value is -6.91. The third-order valence-electron chi connectivity index (χ3n) is 9.34. The molecule has 9 rings (SSSR count). The second-order valence-electron chi connectivity index (χ2n) is 12.6. The van der Waals surface area contributed by atoms with Crippen LogP contribution < -0.4 is 5.73 Å². The van der Waals surface area contributed by atoms with Gasteiger partial charge in [-0.25, -0.2) is 0 Å². The van der Waals surface area contributed by atoms with E-state index in [-0.39, 0.29) is 11.4 Å². The molecule has 4 heteroatoms. The molecule has 8 aromatic rings. The topological polar surface area (TPSA) is 86.6 Å². The van der Waals surface area contributed by atoms with Gasteiger partial charge < -0.3 is 5.73 Å². The zero-order valence-corrected chi connectivity index (χ0v) is 27.8. The van der Waals surface area contributed by atoms with Crippen LogP contribution in [0.2, 0.25) is 0 Å². The summed E-state index contributed by atoms with van der Waals surface area (Å²) in [7, 11) is 0. The Morgan fingerprint density at radius 2 is 1.00 bits per heavy atom. The average molecular weight is 655 g/mol. The van der Waals surface area contributed by atoms with Gasteiger partial charge in [0.2, 0.25) is 0 Å². The Kier molecular flexibility index (Phi) is 8.33. The summed E-state index contributed by atoms with van der Waals surface area (Å²) in [5.41, 5.74) is 17.1. The summed E-state index contributed by atoms with van der Waals surface area (Å²) in [6.45, 7) is 0. The molecule has 242 valence electrons. The van der Waals surface area contributed by atoms with E-state index >= 15 is 0 Å². The third kappa shape index (κ3) is 6.23. The quantitative estimate of drug-likeness (QED) is 0.100. The van der Waals surface area contributed by atoms with E-state index in [1.165, 1.54) is 43.8 Å². The van der Waals surface area contributed by atoms with Gasteiger partial charge in [0, 0.05) is 22.8 Å². The minimum absolute atomic E-state index is 0.240. The fourth-order valence-electron chi connectivity index (χ4n) is 6.82. The Balaban J connectivity index is 0.000000184. The number of allylic oxidation sites excluding steroid dienone is 4. The van der Waals surface area contributed by atoms with E-state index in [2.05, 4.69) is 120 Å². The van der Waals surface area contributed by atoms with Gasteiger partial charge in [0.05, 0.1) is 16.9 Å². The number of para-hydroxylation sites is 1. The lowest BCUT2D eigenvalue weighted by atomic mass is 9.84. The van der Waals surface area contributed by atoms with E-state index in [0.717, 1.165) is 38.9 Å². The van der Waals surface area contributed by atoms with E-state index < -0.39 is 0 Å². The molecule has 51 heavy (non-hydrogen) atoms. The van der Waals surface area contributed by atoms with Crippen LogP contribution in [0.25, 0.3) is 71.4 Å². The van der Waals surface area contributed by atoms with Gasteiger partial charge in [0.1, 0.15) is 0 Å². The minimum Gasteiger partial charge on any atom is -0.399 e. The van der Waals surface area contributed by atoms with Gasteiger partial charge in [-0.15, -0.1) is 0 Å². The van der Waals surface area contributed by atoms with E-state index in [9.17, 15) is 0 Å². The van der Waals surface area contributed by atoms with Crippen LogP contribution >= 0.6 is 0 Å². The third-order valence-corrected chi connectivity index (χ3v) is 9.34. The molecular formula is C47H34N4. The van der Waals surface area contributed by atoms with Gasteiger partial charge >= 0.3 is 0 Å². The number of pyridine rings is 1. The largest absolute Gasteiger partial charge is 0.399 e. The van der Waals surface area contributed by atoms with Crippen LogP contribution in [0.5, 0.6) is 0 Å². The lowest BCUT2D eigenvalue weighted by Crippen LogP contribution is -2.09. The molecule has 4 N–H and O–H groups in total. The summed E-state index contributed by atoms with van der Waals surface area (Å²) in [5.74, 6) is 0. The molecule has 1 heterocycles. The van der Waals surface area contributed by atoms with Crippen molar-refractivity contribution < 1.29 is 0 Å². The summed E-state index contributed by atoms with van der Waals surface area (Å²) in [6.07, 6.45) is 7.32. The maximum Gasteiger partial charge on any atom is 0.0795 e. The summed E-state index contributed by atoms with van der Waals surface area (Å²) >= 11 is 0. The molecule has 0 bridgehead atoms. The number of hydrogen-bond donors (Lipinski definition) is 3. The van der Waals surface area contributed by atoms with Crippen LogP contribution in [0.1, 0.15) is 5.56 Å². The number of nitrogens with one attached hydrogen (secondary N) is 2. The lowest BCUT2D eigenvalue weighted by molar-refractivity contribution is 1.41. The van der Waals surface area contributed by atoms with Crippen LogP contribution in [-0.4, -0.2) is 16.4 Å². The van der Waals surface area contributed by atoms with Crippen LogP contribution in [-0.2, 0) is 0 Å². The monoisotopic (exact) mass is 654 g/mol. The number of rotatable bonds is 4. The van der Waals surface area contributed by atoms with Crippen molar-refractivity contribution in [1.29, 1.82) is 10.8 Å². The van der Waals surface area contributed by atoms with Gasteiger partial charge in [-0.3, -0.25) is 15.8 Å². The first kappa shape index (κ1) is 31.4. The first-order valence-corrected chi connectivity index (χ1v) is 16.9. The van der Waals surface area contributed by atoms with Crippen LogP contribution in [0.4, 0.5) is 5.69 Å². The summed E-state index contributed by atoms with van der Waals surface area (Å²) < 4.78 is 0. The molecule has 4 nitrogen and oxygen atoms in total. The molecule has 0 aliphatic heterocycles. The van der Waals surface area contributed by atoms with E-state index in [4.69, 9.17) is 16.6 Å². The van der Waals surface area contributed by atoms with Gasteiger partial charge in [-0.2, -0.15) is 0 Å². The van der Waals surface area contributed by atoms with Crippen molar-refractivity contribution in [3.8, 4) is 33.4 Å². The average Bonchev–Trinajstić information content (AvgIpc) is 3.19. The number of fused-ring (bicyclic) bond motifs is 3. The molecule has 0 radical (unpaired) electrons. The van der Waals surface area contributed by atoms with Gasteiger partial charge in [0.25, 0.3) is 0 Å². The van der Waals surface area contributed by atoms with Gasteiger partial charge in [-0.05, 0) is 103 Å². The maximum atomic E-state index is 8.12. The zero-order valence-electron chi connectivity index (χ0n) is 27.8. The molecule has 0 spiro atoms. The Bertz CT molecular complexity index is 2650. The molecule has 0 atom stereocenters. The van der Waals surface area contributed by atoms with Gasteiger partial charge in [0.15, 0.2) is 0 Å². The Labute approximate surface area is 296 Å². The van der Waals surface area contributed by atoms with E-state index in [1.54, 1.807) is 12.2 Å². The number of aromatic nitrogens is 1. The smallest absolute Gasteiger partial charge is 0.0795 e. The molecule has 0 fully saturated rings. The molecule has 1 aliphatic rings. The molecule has 0 amide bonds. The number of nitrogen functional groups attached to an aromatic ring is 1. The van der Waals surface area contributed by atoms with Crippen molar-refractivity contribution >= 4 is 55.1 Å². The fraction of sp³-hybridized carbons (Fsp3) is 0. The van der Waals surface area contributed by atoms with Crippen molar-refractivity contribution in [2.45, 2.75) is 0 Å². The van der Waals surface area contributed by atoms with Crippen molar-refractivity contribution in [1.82, 2.24) is 4.98 Å². The van der Waals surface area contributed by atoms with Crippen molar-refractivity contribution in [3.63, 3.8) is 0 Å². The number of nitrogens with zero attached hydrogens (tertiary/aromatic N) is 1. The number of anilines is 1. The van der Waals surface area contributed by atoms with Crippen molar-refractivity contribution in [2.24, 2.45) is 0 Å². The summed E-state index contributed by atoms with van der Waals surface area (Å²) in [4.78, 5) is 4.45. The number of benzene rings is 7. The highest BCUT2D eigenvalue weighted by Gasteiger charge is 2.18. The predicted molar refractivity (Wildman–Crippen MR) is 216 cm³/mol. The SMILES string of the molecule is N=C1C=CC(c2ccc3c(-c4ccccc4)c4ccccc4c(-c4ccccc4)c3c2)=CC1=N.Nc1ccc(-c2cnc3ccccc3c2)cc1. The second-order valence-corrected chi connectivity index (χ2v) is 12.6. The van der Waals surface area contributed by atoms with Crippen LogP contribution in [0.3, 0.4) is 0 Å². The molecule has 1 aromatic heterocycles. The molecule has 0 saturated carbocycles. The highest BCUT2D eigenvalue weighted by Crippen LogP contribution is 2.44. The number of nitrogens with two attached hydrogens (primary N) is 1. The van der Waals surface area contributed by atoms with E-state index in [1.807, 2.05) is 54.7 Å². The normalized spacial score (nSPS) is 12.5. The first-order valence-electron chi connectivity index (χ1n) is 16.9. The summed E-state index contributed by atoms with van der Waals surface area (Å²) in [6, 6.07) is 54.5. The molecule has 0 saturated heterocycles. The molecule has 0 unspecified atom stereocenters. The van der Waals surface area contributed by atoms with Crippen LogP contribution in [0, 0.1) is 10.8 Å². The standard InChI is InChI=1S/C32H22N2.C15H12N2/c33-29-18-16-24(20-30(29)34)23-15-17-27-28(19-23)32(22-11-5-2-6-12-22)26-14-8-7-13-25(26)31(27)21-9-3-1-4-10-21;16-14-7-5-11(6-8-14)13-9-12-3-1-2-4-15(12)17-10-13/h1-20,33-34H;1-10H,16H2. The fourth-order valence-corrected chi connectivity index (χ4v) is 6.82. The molecular weight excluding hydrogens is 621 g/mol. The van der Waals surface area contributed by atoms with Crippen molar-refractivity contribution in [2.75, 3.05) is 5.73 Å². The Morgan fingerprint density at radius 1 is 0.431 bits per heavy atom. The lowest BCUT2D eigenvalue weighted by Gasteiger charge is -2.19. The van der Waals surface area contributed by atoms with E-state index in [0.29, 0.717) is 0 Å². The number of hydrogen-bond acceptors (Lipinski definition) is 4. The highest BCUT2D eigenvalue weighted by atomic mass is 14.6. The zero-order chi connectivity index (χ0) is 34.7.